The molecule has 0 spiro atoms. The molecule has 9 heteroatoms. The lowest BCUT2D eigenvalue weighted by Gasteiger charge is -2.09. The third-order valence-corrected chi connectivity index (χ3v) is 5.99. The summed E-state index contributed by atoms with van der Waals surface area (Å²) < 4.78 is 2.23. The molecule has 0 unspecified atom stereocenters. The van der Waals surface area contributed by atoms with E-state index in [4.69, 9.17) is 9.97 Å². The van der Waals surface area contributed by atoms with Crippen LogP contribution in [0.3, 0.4) is 0 Å². The molecule has 4 heterocycles. The lowest BCUT2D eigenvalue weighted by Crippen LogP contribution is -2.06. The van der Waals surface area contributed by atoms with Crippen LogP contribution in [0.5, 0.6) is 0 Å². The molecule has 34 heavy (non-hydrogen) atoms. The normalized spacial score (nSPS) is 11.6. The van der Waals surface area contributed by atoms with Gasteiger partial charge in [0.05, 0.1) is 17.6 Å². The van der Waals surface area contributed by atoms with Crippen molar-refractivity contribution in [1.29, 1.82) is 0 Å². The van der Waals surface area contributed by atoms with Crippen LogP contribution in [0, 0.1) is 0 Å². The Morgan fingerprint density at radius 2 is 1.85 bits per heavy atom. The SMILES string of the molecule is CCCCc1nc2cccnc2n1Cc1ccc2nc(-c3ccccc3-c3nn[nH]n3)[nH]c2c1. The molecule has 0 aliphatic heterocycles. The molecule has 0 aliphatic rings. The van der Waals surface area contributed by atoms with Gasteiger partial charge in [-0.3, -0.25) is 0 Å². The lowest BCUT2D eigenvalue weighted by atomic mass is 10.1. The van der Waals surface area contributed by atoms with Crippen molar-refractivity contribution in [2.24, 2.45) is 0 Å². The molecule has 0 fully saturated rings. The van der Waals surface area contributed by atoms with E-state index in [1.165, 1.54) is 0 Å². The topological polar surface area (TPSA) is 114 Å². The van der Waals surface area contributed by atoms with E-state index in [0.29, 0.717) is 12.4 Å². The van der Waals surface area contributed by atoms with Crippen molar-refractivity contribution in [2.45, 2.75) is 32.7 Å². The number of aromatic amines is 2. The van der Waals surface area contributed by atoms with Gasteiger partial charge in [-0.05, 0) is 41.5 Å². The van der Waals surface area contributed by atoms with Crippen molar-refractivity contribution < 1.29 is 0 Å². The van der Waals surface area contributed by atoms with Gasteiger partial charge in [-0.1, -0.05) is 43.7 Å². The van der Waals surface area contributed by atoms with E-state index >= 15 is 0 Å². The fourth-order valence-corrected chi connectivity index (χ4v) is 4.32. The van der Waals surface area contributed by atoms with Crippen LogP contribution in [0.2, 0.25) is 0 Å². The number of hydrogen-bond acceptors (Lipinski definition) is 6. The van der Waals surface area contributed by atoms with Gasteiger partial charge in [-0.25, -0.2) is 15.0 Å². The van der Waals surface area contributed by atoms with Gasteiger partial charge in [0.2, 0.25) is 5.82 Å². The number of nitrogens with zero attached hydrogens (tertiary/aromatic N) is 7. The van der Waals surface area contributed by atoms with Crippen molar-refractivity contribution in [3.8, 4) is 22.8 Å². The maximum atomic E-state index is 4.85. The maximum absolute atomic E-state index is 4.85. The van der Waals surface area contributed by atoms with E-state index < -0.39 is 0 Å². The van der Waals surface area contributed by atoms with Gasteiger partial charge >= 0.3 is 0 Å². The molecule has 0 bridgehead atoms. The smallest absolute Gasteiger partial charge is 0.205 e. The Balaban J connectivity index is 1.38. The van der Waals surface area contributed by atoms with Crippen LogP contribution >= 0.6 is 0 Å². The summed E-state index contributed by atoms with van der Waals surface area (Å²) in [5, 5.41) is 14.5. The number of H-pyrrole nitrogens is 2. The number of benzene rings is 2. The van der Waals surface area contributed by atoms with Gasteiger partial charge in [0, 0.05) is 23.7 Å². The Kier molecular flexibility index (Phi) is 5.06. The minimum atomic E-state index is 0.538. The molecule has 168 valence electrons. The van der Waals surface area contributed by atoms with Crippen molar-refractivity contribution in [2.75, 3.05) is 0 Å². The molecular formula is C25H23N9. The van der Waals surface area contributed by atoms with Crippen molar-refractivity contribution >= 4 is 22.2 Å². The number of tetrazole rings is 1. The van der Waals surface area contributed by atoms with Crippen LogP contribution in [0.25, 0.3) is 45.0 Å². The van der Waals surface area contributed by atoms with Crippen molar-refractivity contribution in [3.63, 3.8) is 0 Å². The summed E-state index contributed by atoms with van der Waals surface area (Å²) in [6.07, 6.45) is 5.00. The van der Waals surface area contributed by atoms with Gasteiger partial charge in [0.1, 0.15) is 17.2 Å². The van der Waals surface area contributed by atoms with Crippen molar-refractivity contribution in [1.82, 2.24) is 45.1 Å². The Hall–Kier alpha value is -4.40. The first-order chi connectivity index (χ1) is 16.8. The standard InChI is InChI=1S/C25H23N9/c1-2-3-10-22-27-20-9-6-13-26-25(20)34(22)15-16-11-12-19-21(14-16)29-23(28-19)17-7-4-5-8-18(17)24-30-32-33-31-24/h4-9,11-14H,2-3,10,15H2,1H3,(H,28,29)(H,30,31,32,33). The molecule has 0 saturated heterocycles. The highest BCUT2D eigenvalue weighted by molar-refractivity contribution is 5.84. The summed E-state index contributed by atoms with van der Waals surface area (Å²) in [6.45, 7) is 2.90. The fourth-order valence-electron chi connectivity index (χ4n) is 4.32. The molecule has 2 N–H and O–H groups in total. The Morgan fingerprint density at radius 1 is 0.941 bits per heavy atom. The summed E-state index contributed by atoms with van der Waals surface area (Å²) in [5.74, 6) is 2.39. The molecule has 0 saturated carbocycles. The van der Waals surface area contributed by atoms with Crippen LogP contribution in [-0.4, -0.2) is 45.1 Å². The minimum absolute atomic E-state index is 0.538. The predicted molar refractivity (Wildman–Crippen MR) is 130 cm³/mol. The zero-order valence-electron chi connectivity index (χ0n) is 18.7. The monoisotopic (exact) mass is 449 g/mol. The molecule has 0 amide bonds. The number of hydrogen-bond donors (Lipinski definition) is 2. The summed E-state index contributed by atoms with van der Waals surface area (Å²) >= 11 is 0. The molecule has 0 aliphatic carbocycles. The Labute approximate surface area is 195 Å². The zero-order valence-corrected chi connectivity index (χ0v) is 18.7. The van der Waals surface area contributed by atoms with Crippen LogP contribution in [0.4, 0.5) is 0 Å². The summed E-state index contributed by atoms with van der Waals surface area (Å²) in [6, 6.07) is 18.2. The minimum Gasteiger partial charge on any atom is -0.338 e. The molecule has 4 aromatic heterocycles. The summed E-state index contributed by atoms with van der Waals surface area (Å²) in [7, 11) is 0. The predicted octanol–water partition coefficient (Wildman–Crippen LogP) is 4.55. The number of aryl methyl sites for hydroxylation is 1. The van der Waals surface area contributed by atoms with Crippen LogP contribution in [-0.2, 0) is 13.0 Å². The first kappa shape index (κ1) is 20.2. The van der Waals surface area contributed by atoms with E-state index in [1.54, 1.807) is 0 Å². The fraction of sp³-hybridized carbons (Fsp3) is 0.200. The van der Waals surface area contributed by atoms with E-state index in [9.17, 15) is 0 Å². The molecule has 9 nitrogen and oxygen atoms in total. The van der Waals surface area contributed by atoms with Crippen LogP contribution in [0.1, 0.15) is 31.2 Å². The quantitative estimate of drug-likeness (QED) is 0.370. The first-order valence-corrected chi connectivity index (χ1v) is 11.4. The molecule has 2 aromatic carbocycles. The van der Waals surface area contributed by atoms with E-state index in [1.807, 2.05) is 42.6 Å². The highest BCUT2D eigenvalue weighted by Crippen LogP contribution is 2.29. The third-order valence-electron chi connectivity index (χ3n) is 5.99. The molecule has 0 atom stereocenters. The summed E-state index contributed by atoms with van der Waals surface area (Å²) in [4.78, 5) is 17.8. The number of fused-ring (bicyclic) bond motifs is 2. The largest absolute Gasteiger partial charge is 0.338 e. The number of aromatic nitrogens is 9. The molecular weight excluding hydrogens is 426 g/mol. The Bertz CT molecular complexity index is 1580. The van der Waals surface area contributed by atoms with Gasteiger partial charge in [-0.2, -0.15) is 5.21 Å². The zero-order chi connectivity index (χ0) is 22.9. The van der Waals surface area contributed by atoms with Crippen LogP contribution in [0.15, 0.2) is 60.8 Å². The highest BCUT2D eigenvalue weighted by Gasteiger charge is 2.15. The molecule has 0 radical (unpaired) electrons. The van der Waals surface area contributed by atoms with Crippen molar-refractivity contribution in [3.05, 3.63) is 72.2 Å². The van der Waals surface area contributed by atoms with Crippen LogP contribution < -0.4 is 0 Å². The number of pyridine rings is 1. The second kappa shape index (κ2) is 8.51. The van der Waals surface area contributed by atoms with Gasteiger partial charge in [-0.15, -0.1) is 10.2 Å². The second-order valence-corrected chi connectivity index (χ2v) is 8.28. The van der Waals surface area contributed by atoms with E-state index in [0.717, 1.165) is 69.8 Å². The number of nitrogens with one attached hydrogen (secondary N) is 2. The molecule has 6 rings (SSSR count). The third kappa shape index (κ3) is 3.61. The first-order valence-electron chi connectivity index (χ1n) is 11.4. The van der Waals surface area contributed by atoms with Gasteiger partial charge in [0.25, 0.3) is 0 Å². The number of imidazole rings is 2. The van der Waals surface area contributed by atoms with E-state index in [2.05, 4.69) is 60.3 Å². The molecule has 6 aromatic rings. The number of rotatable bonds is 7. The average molecular weight is 450 g/mol. The summed E-state index contributed by atoms with van der Waals surface area (Å²) in [5.41, 5.74) is 6.70. The highest BCUT2D eigenvalue weighted by atomic mass is 15.5. The van der Waals surface area contributed by atoms with Gasteiger partial charge < -0.3 is 9.55 Å². The Morgan fingerprint density at radius 3 is 2.71 bits per heavy atom. The lowest BCUT2D eigenvalue weighted by molar-refractivity contribution is 0.687. The second-order valence-electron chi connectivity index (χ2n) is 8.28. The number of unbranched alkanes of at least 4 members (excludes halogenated alkanes) is 1. The average Bonchev–Trinajstić information content (AvgIpc) is 3.62. The van der Waals surface area contributed by atoms with Gasteiger partial charge in [0.15, 0.2) is 5.65 Å². The maximum Gasteiger partial charge on any atom is 0.205 e. The van der Waals surface area contributed by atoms with E-state index in [-0.39, 0.29) is 0 Å².